The number of nitrogens with zero attached hydrogens (tertiary/aromatic N) is 2. The van der Waals surface area contributed by atoms with Gasteiger partial charge in [0.25, 0.3) is 0 Å². The van der Waals surface area contributed by atoms with Gasteiger partial charge in [-0.25, -0.2) is 0 Å². The summed E-state index contributed by atoms with van der Waals surface area (Å²) in [6, 6.07) is 5.53. The third-order valence-electron chi connectivity index (χ3n) is 3.04. The molecule has 0 atom stereocenters. The molecule has 5 heteroatoms. The van der Waals surface area contributed by atoms with E-state index in [4.69, 9.17) is 4.74 Å². The van der Waals surface area contributed by atoms with Crippen molar-refractivity contribution in [1.29, 1.82) is 0 Å². The van der Waals surface area contributed by atoms with E-state index in [9.17, 15) is 4.79 Å². The molecule has 1 amide bonds. The zero-order chi connectivity index (χ0) is 12.8. The smallest absolute Gasteiger partial charge is 0.224 e. The molecule has 0 unspecified atom stereocenters. The van der Waals surface area contributed by atoms with Crippen LogP contribution in [-0.4, -0.2) is 42.5 Å². The summed E-state index contributed by atoms with van der Waals surface area (Å²) in [5.74, 6) is 1.54. The summed E-state index contributed by atoms with van der Waals surface area (Å²) < 4.78 is 5.04. The van der Waals surface area contributed by atoms with Crippen LogP contribution in [0.25, 0.3) is 0 Å². The van der Waals surface area contributed by atoms with Gasteiger partial charge in [-0.3, -0.25) is 4.79 Å². The molecule has 18 heavy (non-hydrogen) atoms. The van der Waals surface area contributed by atoms with Crippen LogP contribution in [0, 0.1) is 0 Å². The Bertz CT molecular complexity index is 403. The molecule has 1 aliphatic heterocycles. The molecule has 1 aromatic rings. The lowest BCUT2D eigenvalue weighted by Gasteiger charge is -2.15. The summed E-state index contributed by atoms with van der Waals surface area (Å²) in [5.41, 5.74) is 0. The summed E-state index contributed by atoms with van der Waals surface area (Å²) in [6.07, 6.45) is 2.78. The van der Waals surface area contributed by atoms with Crippen molar-refractivity contribution < 1.29 is 9.53 Å². The van der Waals surface area contributed by atoms with Gasteiger partial charge >= 0.3 is 0 Å². The Morgan fingerprint density at radius 2 is 2.22 bits per heavy atom. The number of hydrogen-bond donors (Lipinski definition) is 1. The molecule has 1 aliphatic rings. The molecule has 0 aliphatic carbocycles. The van der Waals surface area contributed by atoms with Gasteiger partial charge in [0.15, 0.2) is 0 Å². The van der Waals surface area contributed by atoms with Crippen molar-refractivity contribution in [1.82, 2.24) is 9.88 Å². The number of ether oxygens (including phenoxy) is 1. The molecule has 98 valence electrons. The van der Waals surface area contributed by atoms with Crippen molar-refractivity contribution in [2.45, 2.75) is 19.3 Å². The van der Waals surface area contributed by atoms with Crippen LogP contribution in [0.5, 0.6) is 5.88 Å². The molecule has 2 heterocycles. The monoisotopic (exact) mass is 249 g/mol. The van der Waals surface area contributed by atoms with E-state index < -0.39 is 0 Å². The lowest BCUT2D eigenvalue weighted by atomic mass is 10.3. The number of aromatic nitrogens is 1. The summed E-state index contributed by atoms with van der Waals surface area (Å²) in [6.45, 7) is 2.43. The molecule has 0 bridgehead atoms. The summed E-state index contributed by atoms with van der Waals surface area (Å²) in [5, 5.41) is 3.14. The normalized spacial score (nSPS) is 14.6. The summed E-state index contributed by atoms with van der Waals surface area (Å²) in [7, 11) is 1.59. The zero-order valence-corrected chi connectivity index (χ0v) is 10.7. The Morgan fingerprint density at radius 1 is 1.44 bits per heavy atom. The van der Waals surface area contributed by atoms with Crippen molar-refractivity contribution in [3.63, 3.8) is 0 Å². The third kappa shape index (κ3) is 3.35. The van der Waals surface area contributed by atoms with Gasteiger partial charge in [0.1, 0.15) is 5.82 Å². The van der Waals surface area contributed by atoms with Gasteiger partial charge in [0.05, 0.1) is 7.11 Å². The van der Waals surface area contributed by atoms with Crippen molar-refractivity contribution in [2.75, 3.05) is 32.1 Å². The SMILES string of the molecule is COc1cccc(NCCC(=O)N2CCCC2)n1. The second-order valence-electron chi connectivity index (χ2n) is 4.33. The molecule has 0 saturated carbocycles. The number of anilines is 1. The molecular formula is C13H19N3O2. The van der Waals surface area contributed by atoms with Crippen LogP contribution in [0.1, 0.15) is 19.3 Å². The van der Waals surface area contributed by atoms with Crippen LogP contribution in [0.15, 0.2) is 18.2 Å². The highest BCUT2D eigenvalue weighted by atomic mass is 16.5. The summed E-state index contributed by atoms with van der Waals surface area (Å²) in [4.78, 5) is 18.0. The van der Waals surface area contributed by atoms with Gasteiger partial charge in [-0.1, -0.05) is 6.07 Å². The highest BCUT2D eigenvalue weighted by molar-refractivity contribution is 5.76. The maximum absolute atomic E-state index is 11.8. The van der Waals surface area contributed by atoms with E-state index in [1.165, 1.54) is 0 Å². The number of likely N-dealkylation sites (tertiary alicyclic amines) is 1. The predicted octanol–water partition coefficient (Wildman–Crippen LogP) is 1.51. The van der Waals surface area contributed by atoms with E-state index in [1.54, 1.807) is 13.2 Å². The minimum atomic E-state index is 0.225. The van der Waals surface area contributed by atoms with Gasteiger partial charge in [0.2, 0.25) is 11.8 Å². The fourth-order valence-corrected chi connectivity index (χ4v) is 2.05. The number of nitrogens with one attached hydrogen (secondary N) is 1. The first-order valence-electron chi connectivity index (χ1n) is 6.32. The average molecular weight is 249 g/mol. The average Bonchev–Trinajstić information content (AvgIpc) is 2.93. The van der Waals surface area contributed by atoms with E-state index in [0.29, 0.717) is 18.8 Å². The van der Waals surface area contributed by atoms with Crippen LogP contribution < -0.4 is 10.1 Å². The molecule has 1 aromatic heterocycles. The van der Waals surface area contributed by atoms with Crippen molar-refractivity contribution in [3.05, 3.63) is 18.2 Å². The Labute approximate surface area is 107 Å². The van der Waals surface area contributed by atoms with Crippen LogP contribution >= 0.6 is 0 Å². The zero-order valence-electron chi connectivity index (χ0n) is 10.7. The maximum atomic E-state index is 11.8. The minimum absolute atomic E-state index is 0.225. The lowest BCUT2D eigenvalue weighted by molar-refractivity contribution is -0.129. The first kappa shape index (κ1) is 12.7. The third-order valence-corrected chi connectivity index (χ3v) is 3.04. The molecule has 2 rings (SSSR count). The van der Waals surface area contributed by atoms with Crippen molar-refractivity contribution in [3.8, 4) is 5.88 Å². The van der Waals surface area contributed by atoms with Crippen molar-refractivity contribution >= 4 is 11.7 Å². The Hall–Kier alpha value is -1.78. The first-order valence-corrected chi connectivity index (χ1v) is 6.32. The Balaban J connectivity index is 1.75. The van der Waals surface area contributed by atoms with E-state index in [0.717, 1.165) is 31.7 Å². The fraction of sp³-hybridized carbons (Fsp3) is 0.538. The van der Waals surface area contributed by atoms with Crippen LogP contribution in [-0.2, 0) is 4.79 Å². The highest BCUT2D eigenvalue weighted by Gasteiger charge is 2.16. The molecular weight excluding hydrogens is 230 g/mol. The number of pyridine rings is 1. The number of amides is 1. The topological polar surface area (TPSA) is 54.5 Å². The molecule has 0 spiro atoms. The summed E-state index contributed by atoms with van der Waals surface area (Å²) >= 11 is 0. The lowest BCUT2D eigenvalue weighted by Crippen LogP contribution is -2.29. The molecule has 5 nitrogen and oxygen atoms in total. The second kappa shape index (κ2) is 6.23. The molecule has 1 N–H and O–H groups in total. The quantitative estimate of drug-likeness (QED) is 0.859. The van der Waals surface area contributed by atoms with Gasteiger partial charge in [0, 0.05) is 32.1 Å². The number of methoxy groups -OCH3 is 1. The highest BCUT2D eigenvalue weighted by Crippen LogP contribution is 2.11. The second-order valence-corrected chi connectivity index (χ2v) is 4.33. The number of rotatable bonds is 5. The number of carbonyl (C=O) groups excluding carboxylic acids is 1. The molecule has 1 saturated heterocycles. The maximum Gasteiger partial charge on any atom is 0.224 e. The van der Waals surface area contributed by atoms with Gasteiger partial charge < -0.3 is 15.0 Å². The Morgan fingerprint density at radius 3 is 2.94 bits per heavy atom. The van der Waals surface area contributed by atoms with E-state index in [2.05, 4.69) is 10.3 Å². The van der Waals surface area contributed by atoms with E-state index >= 15 is 0 Å². The van der Waals surface area contributed by atoms with Gasteiger partial charge in [-0.05, 0) is 18.9 Å². The van der Waals surface area contributed by atoms with Crippen LogP contribution in [0.4, 0.5) is 5.82 Å². The molecule has 0 aromatic carbocycles. The number of hydrogen-bond acceptors (Lipinski definition) is 4. The van der Waals surface area contributed by atoms with Crippen LogP contribution in [0.3, 0.4) is 0 Å². The largest absolute Gasteiger partial charge is 0.481 e. The van der Waals surface area contributed by atoms with E-state index in [-0.39, 0.29) is 5.91 Å². The molecule has 1 fully saturated rings. The Kier molecular flexibility index (Phi) is 4.39. The van der Waals surface area contributed by atoms with E-state index in [1.807, 2.05) is 17.0 Å². The van der Waals surface area contributed by atoms with Crippen molar-refractivity contribution in [2.24, 2.45) is 0 Å². The number of carbonyl (C=O) groups is 1. The minimum Gasteiger partial charge on any atom is -0.481 e. The standard InChI is InChI=1S/C13H19N3O2/c1-18-12-6-4-5-11(15-12)14-8-7-13(17)16-9-2-3-10-16/h4-6H,2-3,7-10H2,1H3,(H,14,15). The fourth-order valence-electron chi connectivity index (χ4n) is 2.05. The molecule has 0 radical (unpaired) electrons. The van der Waals surface area contributed by atoms with Crippen LogP contribution in [0.2, 0.25) is 0 Å². The van der Waals surface area contributed by atoms with Gasteiger partial charge in [-0.15, -0.1) is 0 Å². The first-order chi connectivity index (χ1) is 8.79. The van der Waals surface area contributed by atoms with Gasteiger partial charge in [-0.2, -0.15) is 4.98 Å². The predicted molar refractivity (Wildman–Crippen MR) is 69.7 cm³/mol.